The minimum Gasteiger partial charge on any atom is -0.508 e. The predicted molar refractivity (Wildman–Crippen MR) is 190 cm³/mol. The number of phenolic OH excluding ortho intramolecular Hbond substituents is 1. The van der Waals surface area contributed by atoms with Crippen LogP contribution in [0, 0.1) is 5.82 Å². The zero-order valence-corrected chi connectivity index (χ0v) is 28.2. The molecule has 11 heteroatoms. The van der Waals surface area contributed by atoms with Crippen molar-refractivity contribution in [3.63, 3.8) is 0 Å². The molecule has 3 aromatic carbocycles. The molecular formula is C39H42FN5O5. The highest BCUT2D eigenvalue weighted by atomic mass is 19.1. The van der Waals surface area contributed by atoms with Crippen molar-refractivity contribution in [1.82, 2.24) is 24.3 Å². The van der Waals surface area contributed by atoms with E-state index in [2.05, 4.69) is 39.5 Å². The Bertz CT molecular complexity index is 2080. The van der Waals surface area contributed by atoms with E-state index in [-0.39, 0.29) is 28.9 Å². The summed E-state index contributed by atoms with van der Waals surface area (Å²) in [5.74, 6) is 0.220. The zero-order valence-electron chi connectivity index (χ0n) is 28.2. The summed E-state index contributed by atoms with van der Waals surface area (Å²) >= 11 is 0. The molecule has 5 aromatic rings. The Morgan fingerprint density at radius 3 is 2.58 bits per heavy atom. The standard InChI is InChI=1S/C39H42FN5O5/c1-49-34-14-15-36(46)29(21-34)23-41-31-10-12-32(13-11-31)45-38(47)35-22-30(40)24-42-37(35)44(39(45)48)33-5-2-4-28(20-33)27-8-6-26(7-9-27)25-43-16-3-18-50-19-17-43/h2,4-9,14-15,20-22,24,31-32,41,46H,3,10-13,16-19,23,25H2,1H3/t31-,32+. The van der Waals surface area contributed by atoms with Crippen molar-refractivity contribution in [3.05, 3.63) is 117 Å². The number of halogens is 1. The molecule has 260 valence electrons. The Balaban J connectivity index is 1.14. The number of pyridine rings is 1. The number of hydrogen-bond donors (Lipinski definition) is 2. The molecule has 50 heavy (non-hydrogen) atoms. The minimum atomic E-state index is -0.637. The van der Waals surface area contributed by atoms with Gasteiger partial charge in [-0.25, -0.2) is 18.7 Å². The van der Waals surface area contributed by atoms with Crippen molar-refractivity contribution in [2.75, 3.05) is 33.4 Å². The minimum absolute atomic E-state index is 0.0621. The fourth-order valence-corrected chi connectivity index (χ4v) is 7.20. The lowest BCUT2D eigenvalue weighted by Gasteiger charge is -2.30. The van der Waals surface area contributed by atoms with Crippen LogP contribution in [-0.4, -0.2) is 63.6 Å². The van der Waals surface area contributed by atoms with E-state index in [0.717, 1.165) is 75.0 Å². The molecule has 1 saturated carbocycles. The van der Waals surface area contributed by atoms with E-state index in [4.69, 9.17) is 9.47 Å². The number of rotatable bonds is 9. The van der Waals surface area contributed by atoms with Gasteiger partial charge in [-0.05, 0) is 85.2 Å². The maximum atomic E-state index is 14.5. The Kier molecular flexibility index (Phi) is 10.1. The summed E-state index contributed by atoms with van der Waals surface area (Å²) in [5.41, 5.74) is 3.50. The van der Waals surface area contributed by atoms with Crippen LogP contribution in [0.5, 0.6) is 11.5 Å². The van der Waals surface area contributed by atoms with Gasteiger partial charge in [0.1, 0.15) is 17.3 Å². The van der Waals surface area contributed by atoms with Gasteiger partial charge in [-0.2, -0.15) is 0 Å². The Morgan fingerprint density at radius 1 is 0.960 bits per heavy atom. The van der Waals surface area contributed by atoms with Gasteiger partial charge in [0.25, 0.3) is 5.56 Å². The maximum absolute atomic E-state index is 14.5. The van der Waals surface area contributed by atoms with Crippen LogP contribution in [0.2, 0.25) is 0 Å². The van der Waals surface area contributed by atoms with Gasteiger partial charge in [0.2, 0.25) is 0 Å². The van der Waals surface area contributed by atoms with Crippen molar-refractivity contribution < 1.29 is 19.0 Å². The SMILES string of the molecule is COc1ccc(O)c(CN[C@H]2CC[C@@H](n3c(=O)c4cc(F)cnc4n(-c4cccc(-c5ccc(CN6CCCOCC6)cc5)c4)c3=O)CC2)c1. The molecule has 1 aliphatic carbocycles. The van der Waals surface area contributed by atoms with Gasteiger partial charge in [-0.3, -0.25) is 14.3 Å². The average Bonchev–Trinajstić information content (AvgIpc) is 3.41. The van der Waals surface area contributed by atoms with Gasteiger partial charge in [0, 0.05) is 50.4 Å². The smallest absolute Gasteiger partial charge is 0.337 e. The van der Waals surface area contributed by atoms with Crippen LogP contribution < -0.4 is 21.3 Å². The van der Waals surface area contributed by atoms with E-state index in [1.54, 1.807) is 25.3 Å². The topological polar surface area (TPSA) is 111 Å². The normalized spacial score (nSPS) is 18.6. The van der Waals surface area contributed by atoms with Gasteiger partial charge in [-0.1, -0.05) is 36.4 Å². The van der Waals surface area contributed by atoms with Crippen molar-refractivity contribution >= 4 is 11.0 Å². The van der Waals surface area contributed by atoms with Crippen molar-refractivity contribution in [1.29, 1.82) is 0 Å². The Hall–Kier alpha value is -4.84. The van der Waals surface area contributed by atoms with Crippen LogP contribution in [0.4, 0.5) is 4.39 Å². The second kappa shape index (κ2) is 15.0. The molecule has 1 aliphatic heterocycles. The molecule has 7 rings (SSSR count). The number of aromatic hydroxyl groups is 1. The number of aromatic nitrogens is 3. The second-order valence-electron chi connectivity index (χ2n) is 13.2. The monoisotopic (exact) mass is 679 g/mol. The zero-order chi connectivity index (χ0) is 34.6. The van der Waals surface area contributed by atoms with E-state index in [1.165, 1.54) is 20.8 Å². The Morgan fingerprint density at radius 2 is 1.78 bits per heavy atom. The molecular weight excluding hydrogens is 637 g/mol. The molecule has 3 heterocycles. The lowest BCUT2D eigenvalue weighted by Crippen LogP contribution is -2.44. The Labute approximate surface area is 289 Å². The summed E-state index contributed by atoms with van der Waals surface area (Å²) in [4.78, 5) is 34.8. The fourth-order valence-electron chi connectivity index (χ4n) is 7.20. The molecule has 2 fully saturated rings. The molecule has 2 aromatic heterocycles. The van der Waals surface area contributed by atoms with Gasteiger partial charge in [0.05, 0.1) is 31.0 Å². The number of ether oxygens (including phenoxy) is 2. The number of fused-ring (bicyclic) bond motifs is 1. The summed E-state index contributed by atoms with van der Waals surface area (Å²) in [7, 11) is 1.59. The second-order valence-corrected chi connectivity index (χ2v) is 13.2. The van der Waals surface area contributed by atoms with Crippen LogP contribution in [-0.2, 0) is 17.8 Å². The molecule has 1 saturated heterocycles. The quantitative estimate of drug-likeness (QED) is 0.208. The third-order valence-electron chi connectivity index (χ3n) is 9.93. The molecule has 0 bridgehead atoms. The molecule has 0 atom stereocenters. The largest absolute Gasteiger partial charge is 0.508 e. The number of hydrogen-bond acceptors (Lipinski definition) is 8. The van der Waals surface area contributed by atoms with Gasteiger partial charge in [-0.15, -0.1) is 0 Å². The number of phenols is 1. The highest BCUT2D eigenvalue weighted by molar-refractivity contribution is 5.76. The number of benzene rings is 3. The first kappa shape index (κ1) is 33.6. The van der Waals surface area contributed by atoms with Gasteiger partial charge < -0.3 is 19.9 Å². The molecule has 0 radical (unpaired) electrons. The third-order valence-corrected chi connectivity index (χ3v) is 9.93. The molecule has 2 N–H and O–H groups in total. The van der Waals surface area contributed by atoms with E-state index < -0.39 is 17.1 Å². The summed E-state index contributed by atoms with van der Waals surface area (Å²) in [5, 5.41) is 13.8. The van der Waals surface area contributed by atoms with Crippen LogP contribution in [0.25, 0.3) is 27.8 Å². The lowest BCUT2D eigenvalue weighted by atomic mass is 9.90. The maximum Gasteiger partial charge on any atom is 0.337 e. The summed E-state index contributed by atoms with van der Waals surface area (Å²) in [6.45, 7) is 4.81. The van der Waals surface area contributed by atoms with Crippen LogP contribution in [0.1, 0.15) is 49.3 Å². The first-order valence-electron chi connectivity index (χ1n) is 17.3. The summed E-state index contributed by atoms with van der Waals surface area (Å²) in [6.07, 6.45) is 4.68. The highest BCUT2D eigenvalue weighted by Gasteiger charge is 2.27. The van der Waals surface area contributed by atoms with Crippen molar-refractivity contribution in [3.8, 4) is 28.3 Å². The molecule has 0 unspecified atom stereocenters. The fraction of sp³-hybridized carbons (Fsp3) is 0.359. The van der Waals surface area contributed by atoms with E-state index in [0.29, 0.717) is 30.8 Å². The molecule has 0 spiro atoms. The van der Waals surface area contributed by atoms with Crippen LogP contribution in [0.3, 0.4) is 0 Å². The van der Waals surface area contributed by atoms with Crippen LogP contribution in [0.15, 0.2) is 88.6 Å². The molecule has 2 aliphatic rings. The number of methoxy groups -OCH3 is 1. The van der Waals surface area contributed by atoms with E-state index >= 15 is 0 Å². The third kappa shape index (κ3) is 7.21. The van der Waals surface area contributed by atoms with Crippen molar-refractivity contribution in [2.45, 2.75) is 57.3 Å². The van der Waals surface area contributed by atoms with Gasteiger partial charge >= 0.3 is 5.69 Å². The highest BCUT2D eigenvalue weighted by Crippen LogP contribution is 2.30. The number of nitrogens with zero attached hydrogens (tertiary/aromatic N) is 4. The van der Waals surface area contributed by atoms with E-state index in [9.17, 15) is 19.1 Å². The van der Waals surface area contributed by atoms with Crippen molar-refractivity contribution in [2.24, 2.45) is 0 Å². The summed E-state index contributed by atoms with van der Waals surface area (Å²) < 4.78 is 28.1. The number of nitrogens with one attached hydrogen (secondary N) is 1. The van der Waals surface area contributed by atoms with Gasteiger partial charge in [0.15, 0.2) is 5.65 Å². The summed E-state index contributed by atoms with van der Waals surface area (Å²) in [6, 6.07) is 22.1. The average molecular weight is 680 g/mol. The first-order chi connectivity index (χ1) is 24.4. The van der Waals surface area contributed by atoms with E-state index in [1.807, 2.05) is 24.3 Å². The molecule has 10 nitrogen and oxygen atoms in total. The lowest BCUT2D eigenvalue weighted by molar-refractivity contribution is 0.140. The molecule has 0 amide bonds. The van der Waals surface area contributed by atoms with Crippen LogP contribution >= 0.6 is 0 Å². The first-order valence-corrected chi connectivity index (χ1v) is 17.3. The predicted octanol–water partition coefficient (Wildman–Crippen LogP) is 5.56.